The Labute approximate surface area is 152 Å². The number of thioether (sulfide) groups is 1. The van der Waals surface area contributed by atoms with E-state index in [0.29, 0.717) is 24.1 Å². The van der Waals surface area contributed by atoms with Gasteiger partial charge in [0.15, 0.2) is 10.9 Å². The Morgan fingerprint density at radius 2 is 1.96 bits per heavy atom. The summed E-state index contributed by atoms with van der Waals surface area (Å²) >= 11 is 1.53. The summed E-state index contributed by atoms with van der Waals surface area (Å²) in [5.74, 6) is 2.62. The molecular weight excluding hydrogens is 334 g/mol. The minimum Gasteiger partial charge on any atom is -0.494 e. The van der Waals surface area contributed by atoms with Gasteiger partial charge in [-0.25, -0.2) is 0 Å². The van der Waals surface area contributed by atoms with E-state index in [0.717, 1.165) is 16.7 Å². The number of rotatable bonds is 8. The van der Waals surface area contributed by atoms with Gasteiger partial charge in [-0.05, 0) is 63.8 Å². The summed E-state index contributed by atoms with van der Waals surface area (Å²) in [6, 6.07) is 7.93. The van der Waals surface area contributed by atoms with Crippen molar-refractivity contribution in [2.75, 3.05) is 6.61 Å². The molecule has 2 fully saturated rings. The van der Waals surface area contributed by atoms with E-state index in [-0.39, 0.29) is 11.0 Å². The minimum atomic E-state index is -0.188. The van der Waals surface area contributed by atoms with Crippen LogP contribution in [0.4, 0.5) is 0 Å². The molecule has 25 heavy (non-hydrogen) atoms. The smallest absolute Gasteiger partial charge is 0.192 e. The molecule has 2 saturated carbocycles. The number of hydrogen-bond donors (Lipinski definition) is 0. The molecule has 2 aliphatic carbocycles. The van der Waals surface area contributed by atoms with Crippen molar-refractivity contribution in [1.29, 1.82) is 0 Å². The summed E-state index contributed by atoms with van der Waals surface area (Å²) in [7, 11) is 0. The van der Waals surface area contributed by atoms with Crippen LogP contribution in [0.15, 0.2) is 29.4 Å². The second kappa shape index (κ2) is 6.83. The molecule has 2 aliphatic rings. The van der Waals surface area contributed by atoms with Crippen LogP contribution < -0.4 is 4.74 Å². The normalized spacial score (nSPS) is 18.2. The molecule has 2 aromatic rings. The van der Waals surface area contributed by atoms with Gasteiger partial charge in [0.1, 0.15) is 11.6 Å². The molecule has 1 aromatic carbocycles. The number of ether oxygens (including phenoxy) is 1. The maximum atomic E-state index is 12.7. The number of nitrogens with zero attached hydrogens (tertiary/aromatic N) is 3. The summed E-state index contributed by atoms with van der Waals surface area (Å²) < 4.78 is 7.73. The largest absolute Gasteiger partial charge is 0.494 e. The van der Waals surface area contributed by atoms with Crippen LogP contribution in [0.2, 0.25) is 0 Å². The Bertz CT molecular complexity index is 763. The molecule has 5 nitrogen and oxygen atoms in total. The number of ketones is 1. The topological polar surface area (TPSA) is 57.0 Å². The van der Waals surface area contributed by atoms with Gasteiger partial charge in [-0.3, -0.25) is 4.79 Å². The highest BCUT2D eigenvalue weighted by Gasteiger charge is 2.37. The van der Waals surface area contributed by atoms with Gasteiger partial charge in [0.05, 0.1) is 11.9 Å². The summed E-state index contributed by atoms with van der Waals surface area (Å²) in [6.45, 7) is 4.52. The van der Waals surface area contributed by atoms with Gasteiger partial charge < -0.3 is 9.30 Å². The number of hydrogen-bond acceptors (Lipinski definition) is 5. The fourth-order valence-electron chi connectivity index (χ4n) is 2.99. The van der Waals surface area contributed by atoms with Crippen LogP contribution in [-0.4, -0.2) is 32.4 Å². The van der Waals surface area contributed by atoms with E-state index < -0.39 is 0 Å². The Balaban J connectivity index is 1.48. The molecule has 1 atom stereocenters. The van der Waals surface area contributed by atoms with Crippen LogP contribution in [0, 0.1) is 0 Å². The van der Waals surface area contributed by atoms with Crippen molar-refractivity contribution >= 4 is 17.5 Å². The first-order valence-electron chi connectivity index (χ1n) is 9.06. The first kappa shape index (κ1) is 16.6. The van der Waals surface area contributed by atoms with Gasteiger partial charge in [-0.15, -0.1) is 10.2 Å². The monoisotopic (exact) mass is 357 g/mol. The number of Topliss-reactive ketones (excluding diaryl/α,β-unsaturated/α-hetero) is 1. The van der Waals surface area contributed by atoms with Crippen LogP contribution in [-0.2, 0) is 0 Å². The van der Waals surface area contributed by atoms with Gasteiger partial charge in [0.25, 0.3) is 0 Å². The average Bonchev–Trinajstić information content (AvgIpc) is 3.54. The summed E-state index contributed by atoms with van der Waals surface area (Å²) in [5, 5.41) is 9.53. The SMILES string of the molecule is CCOc1ccc(C(=O)[C@H](C)Sc2nnc(C3CC3)n2C2CC2)cc1. The second-order valence-electron chi connectivity index (χ2n) is 6.80. The molecule has 1 heterocycles. The van der Waals surface area contributed by atoms with Gasteiger partial charge >= 0.3 is 0 Å². The zero-order valence-electron chi connectivity index (χ0n) is 14.6. The Morgan fingerprint density at radius 3 is 2.56 bits per heavy atom. The molecule has 0 spiro atoms. The lowest BCUT2D eigenvalue weighted by Gasteiger charge is -2.12. The number of benzene rings is 1. The van der Waals surface area contributed by atoms with Crippen molar-refractivity contribution in [3.05, 3.63) is 35.7 Å². The first-order valence-corrected chi connectivity index (χ1v) is 9.94. The van der Waals surface area contributed by atoms with E-state index >= 15 is 0 Å². The van der Waals surface area contributed by atoms with Crippen molar-refractivity contribution in [3.63, 3.8) is 0 Å². The Hall–Kier alpha value is -1.82. The lowest BCUT2D eigenvalue weighted by atomic mass is 10.1. The van der Waals surface area contributed by atoms with Gasteiger partial charge in [-0.1, -0.05) is 11.8 Å². The van der Waals surface area contributed by atoms with Crippen molar-refractivity contribution in [1.82, 2.24) is 14.8 Å². The van der Waals surface area contributed by atoms with Crippen LogP contribution in [0.25, 0.3) is 0 Å². The highest BCUT2D eigenvalue weighted by molar-refractivity contribution is 8.00. The molecule has 0 unspecified atom stereocenters. The van der Waals surface area contributed by atoms with Crippen LogP contribution in [0.3, 0.4) is 0 Å². The second-order valence-corrected chi connectivity index (χ2v) is 8.11. The quantitative estimate of drug-likeness (QED) is 0.522. The van der Waals surface area contributed by atoms with E-state index in [2.05, 4.69) is 14.8 Å². The molecule has 6 heteroatoms. The third kappa shape index (κ3) is 3.59. The molecule has 0 radical (unpaired) electrons. The molecule has 0 N–H and O–H groups in total. The zero-order chi connectivity index (χ0) is 17.4. The summed E-state index contributed by atoms with van der Waals surface area (Å²) in [4.78, 5) is 12.7. The van der Waals surface area contributed by atoms with Crippen molar-refractivity contribution in [3.8, 4) is 5.75 Å². The van der Waals surface area contributed by atoms with Crippen LogP contribution in [0.5, 0.6) is 5.75 Å². The van der Waals surface area contributed by atoms with E-state index in [1.807, 2.05) is 38.1 Å². The number of carbonyl (C=O) groups excluding carboxylic acids is 1. The Morgan fingerprint density at radius 1 is 1.24 bits per heavy atom. The van der Waals surface area contributed by atoms with Gasteiger partial charge in [0.2, 0.25) is 0 Å². The summed E-state index contributed by atoms with van der Waals surface area (Å²) in [6.07, 6.45) is 4.84. The first-order chi connectivity index (χ1) is 12.2. The predicted octanol–water partition coefficient (Wildman–Crippen LogP) is 4.25. The van der Waals surface area contributed by atoms with E-state index in [1.54, 1.807) is 0 Å². The lowest BCUT2D eigenvalue weighted by Crippen LogP contribution is -2.15. The summed E-state index contributed by atoms with van der Waals surface area (Å²) in [5.41, 5.74) is 0.711. The van der Waals surface area contributed by atoms with Crippen molar-refractivity contribution < 1.29 is 9.53 Å². The van der Waals surface area contributed by atoms with Gasteiger partial charge in [0, 0.05) is 17.5 Å². The highest BCUT2D eigenvalue weighted by Crippen LogP contribution is 2.46. The zero-order valence-corrected chi connectivity index (χ0v) is 15.5. The van der Waals surface area contributed by atoms with Crippen LogP contribution in [0.1, 0.15) is 67.7 Å². The molecule has 0 amide bonds. The molecule has 0 aliphatic heterocycles. The van der Waals surface area contributed by atoms with Gasteiger partial charge in [-0.2, -0.15) is 0 Å². The lowest BCUT2D eigenvalue weighted by molar-refractivity contribution is 0.0994. The molecule has 1 aromatic heterocycles. The standard InChI is InChI=1S/C19H23N3O2S/c1-3-24-16-10-6-13(7-11-16)17(23)12(2)25-19-21-20-18(14-4-5-14)22(19)15-8-9-15/h6-7,10-12,14-15H,3-5,8-9H2,1-2H3/t12-/m0/s1. The minimum absolute atomic E-state index is 0.117. The number of carbonyl (C=O) groups is 1. The maximum Gasteiger partial charge on any atom is 0.192 e. The fourth-order valence-corrected chi connectivity index (χ4v) is 4.00. The fraction of sp³-hybridized carbons (Fsp3) is 0.526. The molecule has 132 valence electrons. The third-order valence-corrected chi connectivity index (χ3v) is 5.70. The Kier molecular flexibility index (Phi) is 4.54. The van der Waals surface area contributed by atoms with E-state index in [4.69, 9.17) is 4.74 Å². The van der Waals surface area contributed by atoms with Crippen molar-refractivity contribution in [2.45, 2.75) is 61.9 Å². The number of aromatic nitrogens is 3. The average molecular weight is 357 g/mol. The van der Waals surface area contributed by atoms with E-state index in [1.165, 1.54) is 37.4 Å². The third-order valence-electron chi connectivity index (χ3n) is 4.65. The van der Waals surface area contributed by atoms with E-state index in [9.17, 15) is 4.79 Å². The predicted molar refractivity (Wildman–Crippen MR) is 97.5 cm³/mol. The maximum absolute atomic E-state index is 12.7. The molecule has 4 rings (SSSR count). The van der Waals surface area contributed by atoms with Crippen molar-refractivity contribution in [2.24, 2.45) is 0 Å². The highest BCUT2D eigenvalue weighted by atomic mass is 32.2. The van der Waals surface area contributed by atoms with Crippen LogP contribution >= 0.6 is 11.8 Å². The molecule has 0 saturated heterocycles. The molecule has 0 bridgehead atoms. The molecular formula is C19H23N3O2S.